The highest BCUT2D eigenvalue weighted by Crippen LogP contribution is 2.24. The molecular weight excluding hydrogens is 907 g/mol. The summed E-state index contributed by atoms with van der Waals surface area (Å²) in [4.78, 5) is 13.2. The minimum atomic E-state index is -1.66. The summed E-state index contributed by atoms with van der Waals surface area (Å²) in [6.45, 7) is 3.50. The van der Waals surface area contributed by atoms with Gasteiger partial charge < -0.3 is 50.5 Å². The number of carbonyl (C=O) groups excluding carboxylic acids is 1. The van der Waals surface area contributed by atoms with Crippen LogP contribution in [0.3, 0.4) is 0 Å². The van der Waals surface area contributed by atoms with Crippen molar-refractivity contribution >= 4 is 5.91 Å². The maximum atomic E-state index is 13.2. The van der Waals surface area contributed by atoms with E-state index < -0.39 is 74.2 Å². The zero-order valence-corrected chi connectivity index (χ0v) is 46.9. The first kappa shape index (κ1) is 68.9. The lowest BCUT2D eigenvalue weighted by Crippen LogP contribution is -2.60. The molecule has 0 bridgehead atoms. The van der Waals surface area contributed by atoms with E-state index in [-0.39, 0.29) is 6.42 Å². The summed E-state index contributed by atoms with van der Waals surface area (Å²) >= 11 is 0. The van der Waals surface area contributed by atoms with Gasteiger partial charge in [-0.1, -0.05) is 276 Å². The first-order valence-electron chi connectivity index (χ1n) is 31.1. The Kier molecular flexibility index (Phi) is 48.4. The number of carbonyl (C=O) groups is 1. The van der Waals surface area contributed by atoms with Crippen molar-refractivity contribution in [1.29, 1.82) is 0 Å². The van der Waals surface area contributed by atoms with E-state index in [1.165, 1.54) is 212 Å². The molecule has 11 nitrogen and oxygen atoms in total. The Morgan fingerprint density at radius 2 is 0.806 bits per heavy atom. The number of allylic oxidation sites excluding steroid dienone is 2. The Labute approximate surface area is 442 Å². The smallest absolute Gasteiger partial charge is 0.249 e. The minimum absolute atomic E-state index is 0.256. The molecule has 1 heterocycles. The number of aliphatic hydroxyl groups is 7. The lowest BCUT2D eigenvalue weighted by atomic mass is 9.98. The number of rotatable bonds is 54. The van der Waals surface area contributed by atoms with Gasteiger partial charge in [0.05, 0.1) is 25.4 Å². The highest BCUT2D eigenvalue weighted by molar-refractivity contribution is 5.80. The lowest BCUT2D eigenvalue weighted by Gasteiger charge is -2.40. The molecule has 1 aliphatic heterocycles. The molecule has 9 unspecified atom stereocenters. The van der Waals surface area contributed by atoms with Crippen LogP contribution in [0.25, 0.3) is 0 Å². The molecule has 1 rings (SSSR count). The van der Waals surface area contributed by atoms with Crippen LogP contribution in [0, 0.1) is 0 Å². The van der Waals surface area contributed by atoms with E-state index in [9.17, 15) is 40.5 Å². The normalized spacial score (nSPS) is 20.0. The average molecular weight is 1030 g/mol. The molecule has 0 radical (unpaired) electrons. The molecule has 0 aromatic heterocycles. The number of hydrogen-bond donors (Lipinski definition) is 8. The van der Waals surface area contributed by atoms with E-state index in [1.54, 1.807) is 0 Å². The number of aliphatic hydroxyl groups excluding tert-OH is 7. The number of nitrogens with one attached hydrogen (secondary N) is 1. The van der Waals surface area contributed by atoms with Crippen LogP contribution < -0.4 is 5.32 Å². The zero-order chi connectivity index (χ0) is 52.5. The van der Waals surface area contributed by atoms with Crippen LogP contribution in [-0.2, 0) is 14.3 Å². The highest BCUT2D eigenvalue weighted by Gasteiger charge is 2.44. The van der Waals surface area contributed by atoms with Gasteiger partial charge in [0.25, 0.3) is 0 Å². The molecule has 1 amide bonds. The Morgan fingerprint density at radius 1 is 0.472 bits per heavy atom. The first-order valence-corrected chi connectivity index (χ1v) is 31.1. The Hall–Kier alpha value is -1.15. The number of hydrogen-bond acceptors (Lipinski definition) is 10. The van der Waals surface area contributed by atoms with Crippen LogP contribution in [-0.4, -0.2) is 110 Å². The van der Waals surface area contributed by atoms with Gasteiger partial charge in [-0.15, -0.1) is 0 Å². The molecule has 72 heavy (non-hydrogen) atoms. The Morgan fingerprint density at radius 3 is 1.17 bits per heavy atom. The molecule has 1 fully saturated rings. The van der Waals surface area contributed by atoms with Gasteiger partial charge in [-0.2, -0.15) is 0 Å². The van der Waals surface area contributed by atoms with Crippen molar-refractivity contribution < 1.29 is 50.0 Å². The molecule has 1 saturated heterocycles. The third-order valence-electron chi connectivity index (χ3n) is 15.3. The number of amides is 1. The van der Waals surface area contributed by atoms with Crippen LogP contribution in [0.1, 0.15) is 303 Å². The van der Waals surface area contributed by atoms with E-state index in [1.807, 2.05) is 0 Å². The predicted molar refractivity (Wildman–Crippen MR) is 298 cm³/mol. The van der Waals surface area contributed by atoms with E-state index in [2.05, 4.69) is 31.3 Å². The van der Waals surface area contributed by atoms with Gasteiger partial charge >= 0.3 is 0 Å². The van der Waals surface area contributed by atoms with Crippen molar-refractivity contribution in [2.45, 2.75) is 358 Å². The van der Waals surface area contributed by atoms with Crippen molar-refractivity contribution in [3.63, 3.8) is 0 Å². The second-order valence-corrected chi connectivity index (χ2v) is 22.1. The predicted octanol–water partition coefficient (Wildman–Crippen LogP) is 13.5. The quantitative estimate of drug-likeness (QED) is 0.0215. The van der Waals surface area contributed by atoms with E-state index >= 15 is 0 Å². The molecule has 0 aliphatic carbocycles. The summed E-state index contributed by atoms with van der Waals surface area (Å²) in [7, 11) is 0. The largest absolute Gasteiger partial charge is 0.394 e. The van der Waals surface area contributed by atoms with Crippen LogP contribution in [0.15, 0.2) is 12.2 Å². The van der Waals surface area contributed by atoms with Gasteiger partial charge in [-0.25, -0.2) is 0 Å². The van der Waals surface area contributed by atoms with Gasteiger partial charge in [0.1, 0.15) is 36.6 Å². The van der Waals surface area contributed by atoms with Crippen molar-refractivity contribution in [2.75, 3.05) is 13.2 Å². The Balaban J connectivity index is 2.26. The number of ether oxygens (including phenoxy) is 2. The SMILES string of the molecule is CCCCCCCCCCC/C=C\CCCCCCCCC(O)C(=O)NC(COC1OC(CO)C(O)C(O)C1O)C(O)C(O)CCCCCCCCCCCCCCCCCCCCCCCCCCCC. The van der Waals surface area contributed by atoms with Crippen LogP contribution in [0.2, 0.25) is 0 Å². The molecule has 8 N–H and O–H groups in total. The van der Waals surface area contributed by atoms with Crippen molar-refractivity contribution in [2.24, 2.45) is 0 Å². The minimum Gasteiger partial charge on any atom is -0.394 e. The van der Waals surface area contributed by atoms with Gasteiger partial charge in [0.15, 0.2) is 6.29 Å². The first-order chi connectivity index (χ1) is 35.2. The highest BCUT2D eigenvalue weighted by atomic mass is 16.7. The summed E-state index contributed by atoms with van der Waals surface area (Å²) in [6.07, 6.45) is 48.4. The van der Waals surface area contributed by atoms with E-state index in [0.717, 1.165) is 51.4 Å². The zero-order valence-electron chi connectivity index (χ0n) is 46.9. The van der Waals surface area contributed by atoms with Gasteiger partial charge in [-0.05, 0) is 38.5 Å². The second kappa shape index (κ2) is 50.7. The van der Waals surface area contributed by atoms with Gasteiger partial charge in [0, 0.05) is 0 Å². The molecule has 0 saturated carbocycles. The average Bonchev–Trinajstić information content (AvgIpc) is 3.38. The summed E-state index contributed by atoms with van der Waals surface area (Å²) in [5.41, 5.74) is 0. The summed E-state index contributed by atoms with van der Waals surface area (Å²) in [5, 5.41) is 76.3. The summed E-state index contributed by atoms with van der Waals surface area (Å²) < 4.78 is 11.2. The topological polar surface area (TPSA) is 189 Å². The monoisotopic (exact) mass is 1030 g/mol. The molecular formula is C61H119NO10. The van der Waals surface area contributed by atoms with Gasteiger partial charge in [0.2, 0.25) is 5.91 Å². The molecule has 0 aromatic rings. The maximum Gasteiger partial charge on any atom is 0.249 e. The van der Waals surface area contributed by atoms with Crippen molar-refractivity contribution in [3.8, 4) is 0 Å². The van der Waals surface area contributed by atoms with Crippen LogP contribution in [0.5, 0.6) is 0 Å². The molecule has 428 valence electrons. The fourth-order valence-corrected chi connectivity index (χ4v) is 10.3. The van der Waals surface area contributed by atoms with Crippen LogP contribution in [0.4, 0.5) is 0 Å². The maximum absolute atomic E-state index is 13.2. The van der Waals surface area contributed by atoms with Crippen molar-refractivity contribution in [1.82, 2.24) is 5.32 Å². The summed E-state index contributed by atoms with van der Waals surface area (Å²) in [5.74, 6) is -0.696. The van der Waals surface area contributed by atoms with Crippen molar-refractivity contribution in [3.05, 3.63) is 12.2 Å². The van der Waals surface area contributed by atoms with Gasteiger partial charge in [-0.3, -0.25) is 4.79 Å². The second-order valence-electron chi connectivity index (χ2n) is 22.1. The third kappa shape index (κ3) is 38.4. The fraction of sp³-hybridized carbons (Fsp3) is 0.951. The fourth-order valence-electron chi connectivity index (χ4n) is 10.3. The van der Waals surface area contributed by atoms with Crippen LogP contribution >= 0.6 is 0 Å². The molecule has 0 aromatic carbocycles. The molecule has 9 atom stereocenters. The van der Waals surface area contributed by atoms with E-state index in [0.29, 0.717) is 19.3 Å². The standard InChI is InChI=1S/C61H119NO10/c1-3-5-7-9-11-13-15-17-19-21-23-24-25-26-27-28-29-31-32-34-36-38-40-42-44-46-48-53(64)56(66)52(51-71-61-59(69)58(68)57(67)55(50-63)72-61)62-60(70)54(65)49-47-45-43-41-39-37-35-33-30-22-20-18-16-14-12-10-8-6-4-2/h30,33,52-59,61,63-69H,3-29,31-32,34-51H2,1-2H3,(H,62,70)/b33-30-. The molecule has 11 heteroatoms. The summed E-state index contributed by atoms with van der Waals surface area (Å²) in [6, 6.07) is -1.17. The Bertz CT molecular complexity index is 1180. The lowest BCUT2D eigenvalue weighted by molar-refractivity contribution is -0.303. The van der Waals surface area contributed by atoms with E-state index in [4.69, 9.17) is 9.47 Å². The number of unbranched alkanes of at least 4 members (excludes halogenated alkanes) is 40. The third-order valence-corrected chi connectivity index (χ3v) is 15.3. The molecule has 0 spiro atoms. The molecule has 1 aliphatic rings.